The second kappa shape index (κ2) is 4.94. The van der Waals surface area contributed by atoms with E-state index in [-0.39, 0.29) is 15.7 Å². The molecule has 0 spiro atoms. The van der Waals surface area contributed by atoms with Crippen LogP contribution in [0.25, 0.3) is 0 Å². The summed E-state index contributed by atoms with van der Waals surface area (Å²) in [6.07, 6.45) is 2.79. The molecule has 0 bridgehead atoms. The van der Waals surface area contributed by atoms with Gasteiger partial charge in [0, 0.05) is 17.3 Å². The summed E-state index contributed by atoms with van der Waals surface area (Å²) in [5, 5.41) is 8.85. The van der Waals surface area contributed by atoms with Crippen LogP contribution < -0.4 is 4.72 Å². The quantitative estimate of drug-likeness (QED) is 0.881. The van der Waals surface area contributed by atoms with E-state index in [4.69, 9.17) is 5.11 Å². The normalized spacial score (nSPS) is 11.2. The first-order valence-electron chi connectivity index (χ1n) is 5.04. The van der Waals surface area contributed by atoms with Crippen LogP contribution in [0.5, 0.6) is 0 Å². The Morgan fingerprint density at radius 3 is 2.53 bits per heavy atom. The number of hydrogen-bond donors (Lipinski definition) is 2. The summed E-state index contributed by atoms with van der Waals surface area (Å²) < 4.78 is 26.4. The van der Waals surface area contributed by atoms with Gasteiger partial charge in [0.2, 0.25) is 5.95 Å². The van der Waals surface area contributed by atoms with E-state index in [9.17, 15) is 13.2 Å². The van der Waals surface area contributed by atoms with Crippen molar-refractivity contribution in [2.75, 3.05) is 4.72 Å². The van der Waals surface area contributed by atoms with Gasteiger partial charge in [-0.1, -0.05) is 0 Å². The van der Waals surface area contributed by atoms with Crippen molar-refractivity contribution in [3.05, 3.63) is 34.3 Å². The zero-order valence-electron chi connectivity index (χ0n) is 9.69. The second-order valence-electron chi connectivity index (χ2n) is 3.51. The first-order valence-corrected chi connectivity index (χ1v) is 7.33. The van der Waals surface area contributed by atoms with Crippen LogP contribution in [0, 0.1) is 6.92 Å². The number of aromatic nitrogens is 2. The third-order valence-electron chi connectivity index (χ3n) is 2.16. The number of anilines is 1. The molecule has 2 heterocycles. The molecule has 0 amide bonds. The fourth-order valence-corrected chi connectivity index (χ4v) is 3.75. The fraction of sp³-hybridized carbons (Fsp3) is 0.100. The number of sulfonamides is 1. The third-order valence-corrected chi connectivity index (χ3v) is 4.79. The highest BCUT2D eigenvalue weighted by Crippen LogP contribution is 2.26. The summed E-state index contributed by atoms with van der Waals surface area (Å²) >= 11 is 0.900. The molecule has 2 aromatic rings. The molecule has 0 aliphatic rings. The number of thiophene rings is 1. The van der Waals surface area contributed by atoms with Crippen molar-refractivity contribution in [2.24, 2.45) is 0 Å². The van der Waals surface area contributed by atoms with Crippen LogP contribution >= 0.6 is 11.3 Å². The van der Waals surface area contributed by atoms with Crippen LogP contribution in [0.15, 0.2) is 29.4 Å². The maximum absolute atomic E-state index is 12.1. The molecular formula is C10H9N3O4S2. The van der Waals surface area contributed by atoms with Gasteiger partial charge in [0.05, 0.1) is 0 Å². The first kappa shape index (κ1) is 13.4. The Balaban J connectivity index is 2.37. The zero-order valence-corrected chi connectivity index (χ0v) is 11.3. The van der Waals surface area contributed by atoms with Gasteiger partial charge in [-0.2, -0.15) is 0 Å². The topological polar surface area (TPSA) is 109 Å². The van der Waals surface area contributed by atoms with Crippen molar-refractivity contribution in [1.82, 2.24) is 9.97 Å². The number of aromatic carboxylic acids is 1. The van der Waals surface area contributed by atoms with E-state index >= 15 is 0 Å². The number of nitrogens with zero attached hydrogens (tertiary/aromatic N) is 2. The van der Waals surface area contributed by atoms with Crippen LogP contribution in [0.1, 0.15) is 14.5 Å². The summed E-state index contributed by atoms with van der Waals surface area (Å²) in [7, 11) is -3.88. The molecule has 0 aliphatic carbocycles. The Hall–Kier alpha value is -2.00. The highest BCUT2D eigenvalue weighted by atomic mass is 32.2. The molecule has 2 N–H and O–H groups in total. The van der Waals surface area contributed by atoms with Crippen molar-refractivity contribution in [3.8, 4) is 0 Å². The van der Waals surface area contributed by atoms with E-state index in [2.05, 4.69) is 14.7 Å². The van der Waals surface area contributed by atoms with Crippen molar-refractivity contribution < 1.29 is 18.3 Å². The molecule has 2 rings (SSSR count). The van der Waals surface area contributed by atoms with E-state index < -0.39 is 16.0 Å². The largest absolute Gasteiger partial charge is 0.477 e. The Kier molecular flexibility index (Phi) is 3.49. The van der Waals surface area contributed by atoms with Crippen LogP contribution in [-0.2, 0) is 10.0 Å². The van der Waals surface area contributed by atoms with Gasteiger partial charge in [-0.25, -0.2) is 27.9 Å². The van der Waals surface area contributed by atoms with Crippen LogP contribution in [-0.4, -0.2) is 29.5 Å². The van der Waals surface area contributed by atoms with Gasteiger partial charge in [-0.15, -0.1) is 11.3 Å². The highest BCUT2D eigenvalue weighted by molar-refractivity contribution is 7.92. The number of carbonyl (C=O) groups is 1. The molecule has 0 aliphatic heterocycles. The van der Waals surface area contributed by atoms with Crippen molar-refractivity contribution in [1.29, 1.82) is 0 Å². The Morgan fingerprint density at radius 1 is 1.37 bits per heavy atom. The third kappa shape index (κ3) is 2.88. The lowest BCUT2D eigenvalue weighted by molar-refractivity contribution is 0.0702. The molecule has 100 valence electrons. The van der Waals surface area contributed by atoms with Crippen molar-refractivity contribution in [3.63, 3.8) is 0 Å². The monoisotopic (exact) mass is 299 g/mol. The summed E-state index contributed by atoms with van der Waals surface area (Å²) in [4.78, 5) is 18.6. The summed E-state index contributed by atoms with van der Waals surface area (Å²) in [6.45, 7) is 1.54. The van der Waals surface area contributed by atoms with Gasteiger partial charge in [-0.3, -0.25) is 0 Å². The average molecular weight is 299 g/mol. The lowest BCUT2D eigenvalue weighted by atomic mass is 10.4. The van der Waals surface area contributed by atoms with E-state index in [1.54, 1.807) is 6.07 Å². The Labute approximate surface area is 113 Å². The van der Waals surface area contributed by atoms with Gasteiger partial charge in [-0.05, 0) is 19.1 Å². The van der Waals surface area contributed by atoms with E-state index in [1.807, 2.05) is 0 Å². The standard InChI is InChI=1S/C10H9N3O4S2/c1-6-8(5-7(18-6)9(14)15)19(16,17)13-10-11-3-2-4-12-10/h2-5H,1H3,(H,14,15)(H,11,12,13). The lowest BCUT2D eigenvalue weighted by Gasteiger charge is -2.04. The molecular weight excluding hydrogens is 290 g/mol. The maximum atomic E-state index is 12.1. The molecule has 2 aromatic heterocycles. The number of carboxylic acids is 1. The minimum Gasteiger partial charge on any atom is -0.477 e. The number of aryl methyl sites for hydroxylation is 1. The molecule has 0 aromatic carbocycles. The number of rotatable bonds is 4. The van der Waals surface area contributed by atoms with Crippen molar-refractivity contribution in [2.45, 2.75) is 11.8 Å². The summed E-state index contributed by atoms with van der Waals surface area (Å²) in [5.41, 5.74) is 0. The minimum absolute atomic E-state index is 0.0353. The Morgan fingerprint density at radius 2 is 2.00 bits per heavy atom. The molecule has 0 radical (unpaired) electrons. The van der Waals surface area contributed by atoms with Gasteiger partial charge in [0.15, 0.2) is 0 Å². The lowest BCUT2D eigenvalue weighted by Crippen LogP contribution is -2.15. The van der Waals surface area contributed by atoms with Gasteiger partial charge in [0.1, 0.15) is 9.77 Å². The average Bonchev–Trinajstić information content (AvgIpc) is 2.73. The molecule has 9 heteroatoms. The molecule has 0 atom stereocenters. The number of carboxylic acid groups (broad SMARTS) is 1. The van der Waals surface area contributed by atoms with Gasteiger partial charge < -0.3 is 5.11 Å². The van der Waals surface area contributed by atoms with Crippen LogP contribution in [0.4, 0.5) is 5.95 Å². The molecule has 7 nitrogen and oxygen atoms in total. The fourth-order valence-electron chi connectivity index (χ4n) is 1.36. The van der Waals surface area contributed by atoms with E-state index in [0.717, 1.165) is 17.4 Å². The van der Waals surface area contributed by atoms with E-state index in [1.165, 1.54) is 19.3 Å². The number of hydrogen-bond acceptors (Lipinski definition) is 6. The van der Waals surface area contributed by atoms with Crippen molar-refractivity contribution >= 4 is 33.3 Å². The van der Waals surface area contributed by atoms with Gasteiger partial charge in [0.25, 0.3) is 10.0 Å². The minimum atomic E-state index is -3.88. The maximum Gasteiger partial charge on any atom is 0.345 e. The van der Waals surface area contributed by atoms with Crippen LogP contribution in [0.3, 0.4) is 0 Å². The molecule has 19 heavy (non-hydrogen) atoms. The Bertz CT molecular complexity index is 710. The summed E-state index contributed by atoms with van der Waals surface area (Å²) in [6, 6.07) is 2.67. The zero-order chi connectivity index (χ0) is 14.0. The SMILES string of the molecule is Cc1sc(C(=O)O)cc1S(=O)(=O)Nc1ncccn1. The molecule has 0 fully saturated rings. The molecule has 0 saturated heterocycles. The second-order valence-corrected chi connectivity index (χ2v) is 6.42. The molecule has 0 unspecified atom stereocenters. The molecule has 0 saturated carbocycles. The van der Waals surface area contributed by atoms with Gasteiger partial charge >= 0.3 is 5.97 Å². The smallest absolute Gasteiger partial charge is 0.345 e. The predicted octanol–water partition coefficient (Wildman–Crippen LogP) is 1.35. The summed E-state index contributed by atoms with van der Waals surface area (Å²) in [5.74, 6) is -1.23. The van der Waals surface area contributed by atoms with Crippen LogP contribution in [0.2, 0.25) is 0 Å². The highest BCUT2D eigenvalue weighted by Gasteiger charge is 2.22. The first-order chi connectivity index (χ1) is 8.90. The van der Waals surface area contributed by atoms with E-state index in [0.29, 0.717) is 4.88 Å². The predicted molar refractivity (Wildman–Crippen MR) is 68.9 cm³/mol. The number of nitrogens with one attached hydrogen (secondary N) is 1.